The van der Waals surface area contributed by atoms with E-state index >= 15 is 0 Å². The van der Waals surface area contributed by atoms with Crippen LogP contribution in [0.4, 0.5) is 4.39 Å². The number of nitrogens with one attached hydrogen (secondary N) is 1. The van der Waals surface area contributed by atoms with Crippen molar-refractivity contribution in [1.82, 2.24) is 20.0 Å². The minimum atomic E-state index is -0.319. The Morgan fingerprint density at radius 3 is 2.82 bits per heavy atom. The van der Waals surface area contributed by atoms with Crippen LogP contribution in [0.2, 0.25) is 0 Å². The summed E-state index contributed by atoms with van der Waals surface area (Å²) < 4.78 is 15.5. The van der Waals surface area contributed by atoms with Crippen molar-refractivity contribution in [2.24, 2.45) is 11.8 Å². The fraction of sp³-hybridized carbons (Fsp3) is 0.476. The van der Waals surface area contributed by atoms with Gasteiger partial charge in [-0.3, -0.25) is 14.3 Å². The molecule has 6 nitrogen and oxygen atoms in total. The van der Waals surface area contributed by atoms with Gasteiger partial charge in [0, 0.05) is 30.8 Å². The second-order valence-corrected chi connectivity index (χ2v) is 8.21. The number of carbonyl (C=O) groups excluding carboxylic acids is 2. The molecule has 0 spiro atoms. The highest BCUT2D eigenvalue weighted by Gasteiger charge is 2.40. The first kappa shape index (κ1) is 17.4. The molecule has 1 aromatic heterocycles. The summed E-state index contributed by atoms with van der Waals surface area (Å²) in [5, 5.41) is 7.47. The average Bonchev–Trinajstić information content (AvgIpc) is 3.41. The summed E-state index contributed by atoms with van der Waals surface area (Å²) in [6.45, 7) is 1.15. The molecule has 5 rings (SSSR count). The SMILES string of the molecule is O=C(N[C@@H]1C[C@H]2CC[C@H]1C2)c1cc2n(n1)CCN(Cc1ccccc1F)C2=O. The Hall–Kier alpha value is -2.70. The van der Waals surface area contributed by atoms with E-state index in [0.29, 0.717) is 36.0 Å². The van der Waals surface area contributed by atoms with Gasteiger partial charge in [0.2, 0.25) is 0 Å². The molecule has 2 aliphatic carbocycles. The van der Waals surface area contributed by atoms with Gasteiger partial charge in [-0.05, 0) is 37.2 Å². The van der Waals surface area contributed by atoms with Gasteiger partial charge in [0.15, 0.2) is 5.69 Å². The Labute approximate surface area is 162 Å². The van der Waals surface area contributed by atoms with Crippen molar-refractivity contribution in [3.63, 3.8) is 0 Å². The van der Waals surface area contributed by atoms with Crippen molar-refractivity contribution in [2.75, 3.05) is 6.54 Å². The summed E-state index contributed by atoms with van der Waals surface area (Å²) in [4.78, 5) is 27.1. The number of halogens is 1. The number of aromatic nitrogens is 2. The zero-order valence-electron chi connectivity index (χ0n) is 15.6. The summed E-state index contributed by atoms with van der Waals surface area (Å²) in [6, 6.07) is 8.27. The third-order valence-corrected chi connectivity index (χ3v) is 6.47. The van der Waals surface area contributed by atoms with Crippen molar-refractivity contribution in [3.05, 3.63) is 53.1 Å². The highest BCUT2D eigenvalue weighted by atomic mass is 19.1. The summed E-state index contributed by atoms with van der Waals surface area (Å²) in [5.74, 6) is 0.595. The number of rotatable bonds is 4. The molecule has 0 radical (unpaired) electrons. The van der Waals surface area contributed by atoms with Crippen LogP contribution in [-0.4, -0.2) is 39.1 Å². The van der Waals surface area contributed by atoms with Gasteiger partial charge in [-0.15, -0.1) is 0 Å². The summed E-state index contributed by atoms with van der Waals surface area (Å²) in [5.41, 5.74) is 1.16. The molecular formula is C21H23FN4O2. The van der Waals surface area contributed by atoms with E-state index in [1.54, 1.807) is 33.8 Å². The molecule has 2 fully saturated rings. The molecule has 28 heavy (non-hydrogen) atoms. The molecule has 2 heterocycles. The highest BCUT2D eigenvalue weighted by molar-refractivity contribution is 5.98. The number of nitrogens with zero attached hydrogens (tertiary/aromatic N) is 3. The van der Waals surface area contributed by atoms with Crippen LogP contribution in [0.5, 0.6) is 0 Å². The molecule has 2 saturated carbocycles. The van der Waals surface area contributed by atoms with Gasteiger partial charge in [-0.2, -0.15) is 5.10 Å². The van der Waals surface area contributed by atoms with E-state index in [0.717, 1.165) is 12.3 Å². The lowest BCUT2D eigenvalue weighted by Crippen LogP contribution is -2.40. The smallest absolute Gasteiger partial charge is 0.272 e. The van der Waals surface area contributed by atoms with Crippen molar-refractivity contribution in [2.45, 2.75) is 44.8 Å². The molecule has 7 heteroatoms. The van der Waals surface area contributed by atoms with Gasteiger partial charge in [0.05, 0.1) is 6.54 Å². The molecular weight excluding hydrogens is 359 g/mol. The van der Waals surface area contributed by atoms with E-state index in [-0.39, 0.29) is 30.2 Å². The second kappa shape index (κ2) is 6.72. The molecule has 2 aromatic rings. The van der Waals surface area contributed by atoms with Crippen LogP contribution in [0, 0.1) is 17.7 Å². The fourth-order valence-corrected chi connectivity index (χ4v) is 5.00. The van der Waals surface area contributed by atoms with E-state index in [4.69, 9.17) is 0 Å². The summed E-state index contributed by atoms with van der Waals surface area (Å²) in [7, 11) is 0. The van der Waals surface area contributed by atoms with Gasteiger partial charge in [-0.1, -0.05) is 24.6 Å². The topological polar surface area (TPSA) is 67.2 Å². The van der Waals surface area contributed by atoms with Crippen molar-refractivity contribution in [1.29, 1.82) is 0 Å². The quantitative estimate of drug-likeness (QED) is 0.884. The first-order valence-corrected chi connectivity index (χ1v) is 10.00. The number of hydrogen-bond acceptors (Lipinski definition) is 3. The minimum Gasteiger partial charge on any atom is -0.348 e. The molecule has 0 saturated heterocycles. The lowest BCUT2D eigenvalue weighted by Gasteiger charge is -2.27. The normalized spacial score (nSPS) is 25.8. The summed E-state index contributed by atoms with van der Waals surface area (Å²) >= 11 is 0. The Morgan fingerprint density at radius 2 is 2.07 bits per heavy atom. The summed E-state index contributed by atoms with van der Waals surface area (Å²) in [6.07, 6.45) is 4.74. The van der Waals surface area contributed by atoms with E-state index in [1.165, 1.54) is 25.3 Å². The standard InChI is InChI=1S/C21H23FN4O2/c22-16-4-2-1-3-15(16)12-25-7-8-26-19(21(25)28)11-18(24-26)20(27)23-17-10-13-5-6-14(17)9-13/h1-4,11,13-14,17H,5-10,12H2,(H,23,27)/t13-,14-,17+/m0/s1. The van der Waals surface area contributed by atoms with E-state index in [1.807, 2.05) is 0 Å². The molecule has 1 aromatic carbocycles. The maximum absolute atomic E-state index is 13.9. The molecule has 146 valence electrons. The predicted octanol–water partition coefficient (Wildman–Crippen LogP) is 2.60. The molecule has 1 N–H and O–H groups in total. The molecule has 0 unspecified atom stereocenters. The highest BCUT2D eigenvalue weighted by Crippen LogP contribution is 2.44. The third-order valence-electron chi connectivity index (χ3n) is 6.47. The van der Waals surface area contributed by atoms with Crippen LogP contribution in [0.3, 0.4) is 0 Å². The third kappa shape index (κ3) is 2.99. The molecule has 3 atom stereocenters. The number of carbonyl (C=O) groups is 2. The van der Waals surface area contributed by atoms with Crippen LogP contribution in [0.25, 0.3) is 0 Å². The van der Waals surface area contributed by atoms with Crippen molar-refractivity contribution >= 4 is 11.8 Å². The number of fused-ring (bicyclic) bond motifs is 3. The first-order chi connectivity index (χ1) is 13.6. The van der Waals surface area contributed by atoms with Crippen molar-refractivity contribution in [3.8, 4) is 0 Å². The molecule has 1 aliphatic heterocycles. The van der Waals surface area contributed by atoms with Gasteiger partial charge in [0.1, 0.15) is 11.5 Å². The van der Waals surface area contributed by atoms with Gasteiger partial charge in [-0.25, -0.2) is 4.39 Å². The Balaban J connectivity index is 1.30. The van der Waals surface area contributed by atoms with Gasteiger partial charge in [0.25, 0.3) is 11.8 Å². The second-order valence-electron chi connectivity index (χ2n) is 8.21. The fourth-order valence-electron chi connectivity index (χ4n) is 5.00. The molecule has 2 bridgehead atoms. The van der Waals surface area contributed by atoms with Gasteiger partial charge >= 0.3 is 0 Å². The lowest BCUT2D eigenvalue weighted by atomic mass is 9.95. The number of benzene rings is 1. The van der Waals surface area contributed by atoms with Gasteiger partial charge < -0.3 is 10.2 Å². The number of hydrogen-bond donors (Lipinski definition) is 1. The largest absolute Gasteiger partial charge is 0.348 e. The first-order valence-electron chi connectivity index (χ1n) is 10.00. The predicted molar refractivity (Wildman–Crippen MR) is 100 cm³/mol. The Bertz CT molecular complexity index is 940. The van der Waals surface area contributed by atoms with E-state index < -0.39 is 0 Å². The van der Waals surface area contributed by atoms with Crippen LogP contribution in [0.1, 0.15) is 52.2 Å². The Kier molecular flexibility index (Phi) is 4.18. The average molecular weight is 382 g/mol. The van der Waals surface area contributed by atoms with Crippen molar-refractivity contribution < 1.29 is 14.0 Å². The van der Waals surface area contributed by atoms with Crippen LogP contribution in [-0.2, 0) is 13.1 Å². The monoisotopic (exact) mass is 382 g/mol. The maximum atomic E-state index is 13.9. The lowest BCUT2D eigenvalue weighted by molar-refractivity contribution is 0.0681. The van der Waals surface area contributed by atoms with E-state index in [9.17, 15) is 14.0 Å². The molecule has 2 amide bonds. The number of amides is 2. The maximum Gasteiger partial charge on any atom is 0.272 e. The van der Waals surface area contributed by atoms with E-state index in [2.05, 4.69) is 10.4 Å². The van der Waals surface area contributed by atoms with Crippen LogP contribution >= 0.6 is 0 Å². The van der Waals surface area contributed by atoms with Crippen LogP contribution in [0.15, 0.2) is 30.3 Å². The van der Waals surface area contributed by atoms with Crippen LogP contribution < -0.4 is 5.32 Å². The zero-order chi connectivity index (χ0) is 19.3. The minimum absolute atomic E-state index is 0.201. The zero-order valence-corrected chi connectivity index (χ0v) is 15.6. The Morgan fingerprint density at radius 1 is 1.21 bits per heavy atom. The molecule has 3 aliphatic rings.